The first-order valence-electron chi connectivity index (χ1n) is 13.6. The first-order valence-corrected chi connectivity index (χ1v) is 13.6. The number of nitrogens with zero attached hydrogens (tertiary/aromatic N) is 3. The summed E-state index contributed by atoms with van der Waals surface area (Å²) >= 11 is 0. The van der Waals surface area contributed by atoms with Crippen molar-refractivity contribution in [1.29, 1.82) is 0 Å². The second kappa shape index (κ2) is 15.1. The minimum atomic E-state index is -0.427. The number of nitrogens with one attached hydrogen (secondary N) is 1. The Morgan fingerprint density at radius 2 is 1.78 bits per heavy atom. The number of methoxy groups -OCH3 is 2. The predicted molar refractivity (Wildman–Crippen MR) is 151 cm³/mol. The second-order valence-electron chi connectivity index (χ2n) is 9.68. The third-order valence-corrected chi connectivity index (χ3v) is 6.84. The van der Waals surface area contributed by atoms with Crippen LogP contribution in [0.15, 0.2) is 65.3 Å². The summed E-state index contributed by atoms with van der Waals surface area (Å²) in [4.78, 5) is 32.6. The summed E-state index contributed by atoms with van der Waals surface area (Å²) in [6.07, 6.45) is 2.22. The van der Waals surface area contributed by atoms with E-state index in [1.807, 2.05) is 0 Å². The highest BCUT2D eigenvalue weighted by atomic mass is 19.1. The number of carbonyl (C=O) groups is 2. The van der Waals surface area contributed by atoms with E-state index >= 15 is 0 Å². The molecular weight excluding hydrogens is 531 g/mol. The molecule has 0 atom stereocenters. The summed E-state index contributed by atoms with van der Waals surface area (Å²) in [6, 6.07) is 14.2. The molecule has 0 radical (unpaired) electrons. The monoisotopic (exact) mass is 568 g/mol. The normalized spacial score (nSPS) is 13.4. The van der Waals surface area contributed by atoms with Gasteiger partial charge in [-0.25, -0.2) is 9.18 Å². The third kappa shape index (κ3) is 8.95. The zero-order valence-corrected chi connectivity index (χ0v) is 23.5. The first-order chi connectivity index (χ1) is 19.9. The third-order valence-electron chi connectivity index (χ3n) is 6.84. The fourth-order valence-corrected chi connectivity index (χ4v) is 4.55. The summed E-state index contributed by atoms with van der Waals surface area (Å²) in [5, 5.41) is 2.89. The van der Waals surface area contributed by atoms with Crippen LogP contribution in [-0.2, 0) is 22.6 Å². The lowest BCUT2D eigenvalue weighted by Crippen LogP contribution is -2.45. The number of rotatable bonds is 13. The Labute approximate surface area is 239 Å². The van der Waals surface area contributed by atoms with Crippen LogP contribution in [0.4, 0.5) is 14.9 Å². The molecule has 1 aliphatic heterocycles. The number of urea groups is 1. The van der Waals surface area contributed by atoms with Crippen LogP contribution in [-0.4, -0.2) is 86.8 Å². The molecule has 0 spiro atoms. The fourth-order valence-electron chi connectivity index (χ4n) is 4.55. The van der Waals surface area contributed by atoms with Gasteiger partial charge in [0.25, 0.3) is 0 Å². The highest BCUT2D eigenvalue weighted by molar-refractivity contribution is 5.93. The van der Waals surface area contributed by atoms with E-state index in [9.17, 15) is 14.0 Å². The van der Waals surface area contributed by atoms with Gasteiger partial charge in [0.1, 0.15) is 29.6 Å². The fraction of sp³-hybridized carbons (Fsp3) is 0.400. The molecule has 220 valence electrons. The molecule has 3 aromatic rings. The van der Waals surface area contributed by atoms with Crippen molar-refractivity contribution in [2.45, 2.75) is 19.5 Å². The maximum Gasteiger partial charge on any atom is 0.322 e. The lowest BCUT2D eigenvalue weighted by Gasteiger charge is -2.30. The smallest absolute Gasteiger partial charge is 0.322 e. The Morgan fingerprint density at radius 3 is 2.46 bits per heavy atom. The molecule has 3 amide bonds. The Hall–Kier alpha value is -4.09. The quantitative estimate of drug-likeness (QED) is 0.330. The average Bonchev–Trinajstić information content (AvgIpc) is 3.51. The molecule has 1 aliphatic rings. The van der Waals surface area contributed by atoms with Gasteiger partial charge < -0.3 is 33.7 Å². The van der Waals surface area contributed by atoms with E-state index in [1.165, 1.54) is 24.1 Å². The maximum absolute atomic E-state index is 13.7. The highest BCUT2D eigenvalue weighted by Crippen LogP contribution is 2.29. The lowest BCUT2D eigenvalue weighted by atomic mass is 10.2. The van der Waals surface area contributed by atoms with Crippen LogP contribution in [0.2, 0.25) is 0 Å². The first kappa shape index (κ1) is 29.9. The van der Waals surface area contributed by atoms with Gasteiger partial charge >= 0.3 is 6.03 Å². The van der Waals surface area contributed by atoms with Crippen LogP contribution in [0.5, 0.6) is 11.5 Å². The van der Waals surface area contributed by atoms with E-state index < -0.39 is 6.03 Å². The van der Waals surface area contributed by atoms with Crippen LogP contribution >= 0.6 is 0 Å². The van der Waals surface area contributed by atoms with Gasteiger partial charge in [-0.15, -0.1) is 0 Å². The number of hydrogen-bond donors (Lipinski definition) is 1. The Kier molecular flexibility index (Phi) is 11.0. The molecular formula is C30H37FN4O6. The molecule has 1 saturated heterocycles. The van der Waals surface area contributed by atoms with Gasteiger partial charge in [0.05, 0.1) is 45.9 Å². The topological polar surface area (TPSA) is 96.7 Å². The van der Waals surface area contributed by atoms with Crippen molar-refractivity contribution < 1.29 is 32.6 Å². The van der Waals surface area contributed by atoms with Gasteiger partial charge in [-0.1, -0.05) is 12.1 Å². The number of anilines is 1. The lowest BCUT2D eigenvalue weighted by molar-refractivity contribution is -0.133. The van der Waals surface area contributed by atoms with Crippen LogP contribution in [0.1, 0.15) is 17.7 Å². The maximum atomic E-state index is 13.7. The van der Waals surface area contributed by atoms with Crippen LogP contribution in [0.25, 0.3) is 0 Å². The molecule has 1 aromatic heterocycles. The van der Waals surface area contributed by atoms with E-state index in [0.29, 0.717) is 49.1 Å². The molecule has 1 N–H and O–H groups in total. The molecule has 2 heterocycles. The van der Waals surface area contributed by atoms with Crippen molar-refractivity contribution in [3.8, 4) is 11.5 Å². The van der Waals surface area contributed by atoms with E-state index in [4.69, 9.17) is 18.6 Å². The van der Waals surface area contributed by atoms with E-state index in [0.717, 1.165) is 25.2 Å². The summed E-state index contributed by atoms with van der Waals surface area (Å²) in [7, 11) is 3.06. The SMILES string of the molecule is COc1ccc(NC(=O)N(CCCN2CCOCC2)CC(=O)N(Cc2ccc(F)cc2)Cc2ccco2)c(OC)c1. The van der Waals surface area contributed by atoms with Crippen molar-refractivity contribution in [3.05, 3.63) is 78.0 Å². The standard InChI is InChI=1S/C30H37FN4O6/c1-38-25-10-11-27(28(19-25)39-2)32-30(37)34(13-4-12-33-14-17-40-18-15-33)22-29(36)35(21-26-5-3-16-41-26)20-23-6-8-24(31)9-7-23/h3,5-11,16,19H,4,12-15,17-18,20-22H2,1-2H3,(H,32,37). The van der Waals surface area contributed by atoms with Crippen molar-refractivity contribution in [3.63, 3.8) is 0 Å². The largest absolute Gasteiger partial charge is 0.497 e. The van der Waals surface area contributed by atoms with Gasteiger partial charge in [-0.05, 0) is 48.4 Å². The minimum Gasteiger partial charge on any atom is -0.497 e. The average molecular weight is 569 g/mol. The number of amides is 3. The number of halogens is 1. The number of ether oxygens (including phenoxy) is 3. The summed E-state index contributed by atoms with van der Waals surface area (Å²) in [6.45, 7) is 4.46. The molecule has 10 nitrogen and oxygen atoms in total. The van der Waals surface area contributed by atoms with Crippen molar-refractivity contribution >= 4 is 17.6 Å². The number of furan rings is 1. The van der Waals surface area contributed by atoms with E-state index in [2.05, 4.69) is 10.2 Å². The van der Waals surface area contributed by atoms with Crippen LogP contribution < -0.4 is 14.8 Å². The molecule has 0 aliphatic carbocycles. The molecule has 1 fully saturated rings. The van der Waals surface area contributed by atoms with Crippen molar-refractivity contribution in [2.24, 2.45) is 0 Å². The minimum absolute atomic E-state index is 0.157. The summed E-state index contributed by atoms with van der Waals surface area (Å²) in [5.74, 6) is 1.01. The van der Waals surface area contributed by atoms with E-state index in [1.54, 1.807) is 60.7 Å². The molecule has 0 saturated carbocycles. The molecule has 11 heteroatoms. The Morgan fingerprint density at radius 1 is 1.00 bits per heavy atom. The van der Waals surface area contributed by atoms with Gasteiger partial charge in [0.15, 0.2) is 0 Å². The molecule has 2 aromatic carbocycles. The molecule has 41 heavy (non-hydrogen) atoms. The number of carbonyl (C=O) groups excluding carboxylic acids is 2. The Bertz CT molecular complexity index is 1250. The Balaban J connectivity index is 1.50. The van der Waals surface area contributed by atoms with Gasteiger partial charge in [0, 0.05) is 38.8 Å². The molecule has 4 rings (SSSR count). The molecule has 0 bridgehead atoms. The van der Waals surface area contributed by atoms with Gasteiger partial charge in [-0.2, -0.15) is 0 Å². The van der Waals surface area contributed by atoms with Gasteiger partial charge in [-0.3, -0.25) is 9.69 Å². The van der Waals surface area contributed by atoms with Crippen molar-refractivity contribution in [2.75, 3.05) is 65.5 Å². The zero-order valence-electron chi connectivity index (χ0n) is 23.5. The van der Waals surface area contributed by atoms with Crippen LogP contribution in [0.3, 0.4) is 0 Å². The second-order valence-corrected chi connectivity index (χ2v) is 9.68. The molecule has 0 unspecified atom stereocenters. The zero-order chi connectivity index (χ0) is 29.0. The summed E-state index contributed by atoms with van der Waals surface area (Å²) < 4.78 is 35.1. The highest BCUT2D eigenvalue weighted by Gasteiger charge is 2.24. The van der Waals surface area contributed by atoms with Crippen LogP contribution in [0, 0.1) is 5.82 Å². The van der Waals surface area contributed by atoms with Gasteiger partial charge in [0.2, 0.25) is 5.91 Å². The van der Waals surface area contributed by atoms with E-state index in [-0.39, 0.29) is 31.4 Å². The van der Waals surface area contributed by atoms with Crippen molar-refractivity contribution in [1.82, 2.24) is 14.7 Å². The summed E-state index contributed by atoms with van der Waals surface area (Å²) in [5.41, 5.74) is 1.22. The predicted octanol–water partition coefficient (Wildman–Crippen LogP) is 4.22. The number of morpholine rings is 1. The number of hydrogen-bond acceptors (Lipinski definition) is 7. The number of benzene rings is 2.